The Bertz CT molecular complexity index is 502. The highest BCUT2D eigenvalue weighted by atomic mass is 15.1. The Morgan fingerprint density at radius 1 is 1.35 bits per heavy atom. The highest BCUT2D eigenvalue weighted by Gasteiger charge is 2.05. The first kappa shape index (κ1) is 11.8. The van der Waals surface area contributed by atoms with Gasteiger partial charge in [0, 0.05) is 24.6 Å². The van der Waals surface area contributed by atoms with Crippen LogP contribution in [0.5, 0.6) is 0 Å². The fraction of sp³-hybridized carbons (Fsp3) is 0.385. The summed E-state index contributed by atoms with van der Waals surface area (Å²) in [6, 6.07) is 4.10. The van der Waals surface area contributed by atoms with Crippen molar-refractivity contribution in [3.05, 3.63) is 41.6 Å². The third kappa shape index (κ3) is 2.53. The van der Waals surface area contributed by atoms with E-state index in [4.69, 9.17) is 5.73 Å². The number of imidazole rings is 1. The van der Waals surface area contributed by atoms with Gasteiger partial charge in [0.05, 0.1) is 0 Å². The number of nitrogens with zero attached hydrogens (tertiary/aromatic N) is 3. The minimum absolute atomic E-state index is 0.542. The molecular formula is C13H18N4. The number of hydrogen-bond acceptors (Lipinski definition) is 3. The summed E-state index contributed by atoms with van der Waals surface area (Å²) < 4.78 is 1.98. The van der Waals surface area contributed by atoms with Gasteiger partial charge >= 0.3 is 0 Å². The number of nitrogens with two attached hydrogens (primary N) is 1. The minimum Gasteiger partial charge on any atom is -0.326 e. The number of pyridine rings is 1. The van der Waals surface area contributed by atoms with Gasteiger partial charge < -0.3 is 5.73 Å². The van der Waals surface area contributed by atoms with Gasteiger partial charge in [0.25, 0.3) is 0 Å². The predicted molar refractivity (Wildman–Crippen MR) is 68.0 cm³/mol. The number of hydrogen-bond donors (Lipinski definition) is 1. The molecule has 90 valence electrons. The van der Waals surface area contributed by atoms with Crippen molar-refractivity contribution in [3.8, 4) is 5.82 Å². The van der Waals surface area contributed by atoms with Gasteiger partial charge in [-0.1, -0.05) is 13.3 Å². The first-order valence-corrected chi connectivity index (χ1v) is 5.94. The molecule has 0 amide bonds. The van der Waals surface area contributed by atoms with E-state index in [1.165, 1.54) is 0 Å². The standard InChI is InChI=1S/C13H18N4/c1-3-4-12-7-11(9-14)8-13(16-12)17-6-5-15-10(17)2/h5-8H,3-4,9,14H2,1-2H3. The van der Waals surface area contributed by atoms with Gasteiger partial charge in [-0.25, -0.2) is 9.97 Å². The molecule has 0 aliphatic rings. The van der Waals surface area contributed by atoms with E-state index in [1.54, 1.807) is 6.20 Å². The molecule has 4 nitrogen and oxygen atoms in total. The first-order valence-electron chi connectivity index (χ1n) is 5.94. The Kier molecular flexibility index (Phi) is 3.54. The monoisotopic (exact) mass is 230 g/mol. The van der Waals surface area contributed by atoms with Crippen molar-refractivity contribution in [3.63, 3.8) is 0 Å². The van der Waals surface area contributed by atoms with Crippen LogP contribution in [0.1, 0.15) is 30.4 Å². The van der Waals surface area contributed by atoms with Gasteiger partial charge in [0.15, 0.2) is 0 Å². The normalized spacial score (nSPS) is 10.8. The van der Waals surface area contributed by atoms with Crippen molar-refractivity contribution in [2.45, 2.75) is 33.2 Å². The zero-order valence-electron chi connectivity index (χ0n) is 10.3. The molecular weight excluding hydrogens is 212 g/mol. The Hall–Kier alpha value is -1.68. The van der Waals surface area contributed by atoms with Crippen LogP contribution in [0.2, 0.25) is 0 Å². The molecule has 0 saturated heterocycles. The summed E-state index contributed by atoms with van der Waals surface area (Å²) in [7, 11) is 0. The van der Waals surface area contributed by atoms with Crippen LogP contribution >= 0.6 is 0 Å². The molecule has 0 saturated carbocycles. The Morgan fingerprint density at radius 2 is 2.18 bits per heavy atom. The molecule has 0 spiro atoms. The van der Waals surface area contributed by atoms with E-state index in [2.05, 4.69) is 23.0 Å². The highest BCUT2D eigenvalue weighted by molar-refractivity contribution is 5.32. The van der Waals surface area contributed by atoms with Gasteiger partial charge in [-0.3, -0.25) is 4.57 Å². The van der Waals surface area contributed by atoms with Crippen molar-refractivity contribution >= 4 is 0 Å². The lowest BCUT2D eigenvalue weighted by atomic mass is 10.1. The summed E-state index contributed by atoms with van der Waals surface area (Å²) in [6.45, 7) is 4.66. The molecule has 0 aliphatic heterocycles. The highest BCUT2D eigenvalue weighted by Crippen LogP contribution is 2.13. The topological polar surface area (TPSA) is 56.7 Å². The molecule has 2 rings (SSSR count). The van der Waals surface area contributed by atoms with E-state index >= 15 is 0 Å². The zero-order chi connectivity index (χ0) is 12.3. The van der Waals surface area contributed by atoms with Crippen LogP contribution in [0.4, 0.5) is 0 Å². The second kappa shape index (κ2) is 5.10. The second-order valence-electron chi connectivity index (χ2n) is 4.12. The van der Waals surface area contributed by atoms with Crippen molar-refractivity contribution in [1.29, 1.82) is 0 Å². The van der Waals surface area contributed by atoms with Gasteiger partial charge in [0.1, 0.15) is 11.6 Å². The lowest BCUT2D eigenvalue weighted by Gasteiger charge is -2.09. The van der Waals surface area contributed by atoms with Crippen LogP contribution in [0.15, 0.2) is 24.5 Å². The van der Waals surface area contributed by atoms with Gasteiger partial charge in [-0.15, -0.1) is 0 Å². The first-order chi connectivity index (χ1) is 8.24. The summed E-state index contributed by atoms with van der Waals surface area (Å²) in [6.07, 6.45) is 5.78. The Balaban J connectivity index is 2.46. The molecule has 4 heteroatoms. The molecule has 0 aliphatic carbocycles. The molecule has 2 heterocycles. The molecule has 0 fully saturated rings. The lowest BCUT2D eigenvalue weighted by molar-refractivity contribution is 0.844. The van der Waals surface area contributed by atoms with E-state index in [9.17, 15) is 0 Å². The van der Waals surface area contributed by atoms with Gasteiger partial charge in [-0.2, -0.15) is 0 Å². The van der Waals surface area contributed by atoms with Crippen molar-refractivity contribution in [2.75, 3.05) is 0 Å². The van der Waals surface area contributed by atoms with E-state index in [-0.39, 0.29) is 0 Å². The predicted octanol–water partition coefficient (Wildman–Crippen LogP) is 1.99. The van der Waals surface area contributed by atoms with Crippen LogP contribution in [-0.2, 0) is 13.0 Å². The molecule has 0 radical (unpaired) electrons. The smallest absolute Gasteiger partial charge is 0.138 e. The summed E-state index contributed by atoms with van der Waals surface area (Å²) in [5.41, 5.74) is 7.94. The lowest BCUT2D eigenvalue weighted by Crippen LogP contribution is -2.05. The third-order valence-electron chi connectivity index (χ3n) is 2.74. The molecule has 0 bridgehead atoms. The number of rotatable bonds is 4. The summed E-state index contributed by atoms with van der Waals surface area (Å²) >= 11 is 0. The van der Waals surface area contributed by atoms with E-state index < -0.39 is 0 Å². The number of aryl methyl sites for hydroxylation is 2. The van der Waals surface area contributed by atoms with Crippen LogP contribution in [0, 0.1) is 6.92 Å². The SMILES string of the molecule is CCCc1cc(CN)cc(-n2ccnc2C)n1. The minimum atomic E-state index is 0.542. The van der Waals surface area contributed by atoms with Crippen LogP contribution in [0.3, 0.4) is 0 Å². The molecule has 2 N–H and O–H groups in total. The van der Waals surface area contributed by atoms with Crippen molar-refractivity contribution in [2.24, 2.45) is 5.73 Å². The fourth-order valence-corrected chi connectivity index (χ4v) is 1.88. The molecule has 2 aromatic heterocycles. The average molecular weight is 230 g/mol. The molecule has 0 atom stereocenters. The summed E-state index contributed by atoms with van der Waals surface area (Å²) in [4.78, 5) is 8.86. The second-order valence-corrected chi connectivity index (χ2v) is 4.12. The maximum Gasteiger partial charge on any atom is 0.138 e. The molecule has 0 aromatic carbocycles. The van der Waals surface area contributed by atoms with Crippen LogP contribution in [-0.4, -0.2) is 14.5 Å². The summed E-state index contributed by atoms with van der Waals surface area (Å²) in [5, 5.41) is 0. The van der Waals surface area contributed by atoms with Crippen molar-refractivity contribution < 1.29 is 0 Å². The maximum atomic E-state index is 5.72. The maximum absolute atomic E-state index is 5.72. The van der Waals surface area contributed by atoms with Crippen LogP contribution in [0.25, 0.3) is 5.82 Å². The average Bonchev–Trinajstić information content (AvgIpc) is 2.75. The third-order valence-corrected chi connectivity index (χ3v) is 2.74. The largest absolute Gasteiger partial charge is 0.326 e. The van der Waals surface area contributed by atoms with Crippen LogP contribution < -0.4 is 5.73 Å². The quantitative estimate of drug-likeness (QED) is 0.873. The number of aromatic nitrogens is 3. The zero-order valence-corrected chi connectivity index (χ0v) is 10.3. The van der Waals surface area contributed by atoms with Crippen molar-refractivity contribution in [1.82, 2.24) is 14.5 Å². The van der Waals surface area contributed by atoms with E-state index in [0.717, 1.165) is 35.7 Å². The molecule has 17 heavy (non-hydrogen) atoms. The molecule has 0 unspecified atom stereocenters. The summed E-state index contributed by atoms with van der Waals surface area (Å²) in [5.74, 6) is 1.85. The van der Waals surface area contributed by atoms with Gasteiger partial charge in [-0.05, 0) is 31.0 Å². The van der Waals surface area contributed by atoms with E-state index in [0.29, 0.717) is 6.54 Å². The van der Waals surface area contributed by atoms with Gasteiger partial charge in [0.2, 0.25) is 0 Å². The molecule has 2 aromatic rings. The van der Waals surface area contributed by atoms with E-state index in [1.807, 2.05) is 23.8 Å². The Morgan fingerprint density at radius 3 is 2.76 bits per heavy atom. The fourth-order valence-electron chi connectivity index (χ4n) is 1.88. The Labute approximate surface area is 102 Å².